The zero-order valence-corrected chi connectivity index (χ0v) is 21.3. The number of methoxy groups -OCH3 is 1. The van der Waals surface area contributed by atoms with Gasteiger partial charge in [-0.1, -0.05) is 19.1 Å². The molecule has 38 heavy (non-hydrogen) atoms. The van der Waals surface area contributed by atoms with Crippen molar-refractivity contribution in [3.05, 3.63) is 57.0 Å². The first-order valence-electron chi connectivity index (χ1n) is 12.6. The SMILES string of the molecule is CCC1=C(OC(=O)OC)C(c2cccc([N+](=O)[O-])c2)c2c(nc(N3CCOCC3)nc2N2CCOCC2)N1. The van der Waals surface area contributed by atoms with E-state index in [1.54, 1.807) is 12.1 Å². The number of rotatable bonds is 6. The predicted octanol–water partition coefficient (Wildman–Crippen LogP) is 3.02. The molecule has 2 saturated heterocycles. The highest BCUT2D eigenvalue weighted by Gasteiger charge is 2.39. The molecule has 1 atom stereocenters. The lowest BCUT2D eigenvalue weighted by atomic mass is 9.85. The van der Waals surface area contributed by atoms with Crippen LogP contribution in [0, 0.1) is 10.1 Å². The summed E-state index contributed by atoms with van der Waals surface area (Å²) in [7, 11) is 1.23. The van der Waals surface area contributed by atoms with Crippen molar-refractivity contribution in [1.29, 1.82) is 0 Å². The molecule has 0 amide bonds. The number of fused-ring (bicyclic) bond motifs is 1. The number of hydrogen-bond acceptors (Lipinski definition) is 12. The zero-order chi connectivity index (χ0) is 26.6. The average Bonchev–Trinajstić information content (AvgIpc) is 2.97. The lowest BCUT2D eigenvalue weighted by Gasteiger charge is -2.37. The van der Waals surface area contributed by atoms with Crippen molar-refractivity contribution in [3.63, 3.8) is 0 Å². The molecule has 0 spiro atoms. The van der Waals surface area contributed by atoms with E-state index in [9.17, 15) is 14.9 Å². The van der Waals surface area contributed by atoms with E-state index in [0.717, 1.165) is 0 Å². The van der Waals surface area contributed by atoms with E-state index in [4.69, 9.17) is 28.9 Å². The summed E-state index contributed by atoms with van der Waals surface area (Å²) in [6, 6.07) is 6.32. The molecule has 202 valence electrons. The van der Waals surface area contributed by atoms with Gasteiger partial charge >= 0.3 is 6.16 Å². The van der Waals surface area contributed by atoms with Crippen molar-refractivity contribution in [2.75, 3.05) is 74.8 Å². The molecule has 13 nitrogen and oxygen atoms in total. The monoisotopic (exact) mass is 526 g/mol. The molecule has 1 aromatic heterocycles. The fraction of sp³-hybridized carbons (Fsp3) is 0.480. The quantitative estimate of drug-likeness (QED) is 0.336. The molecule has 1 unspecified atom stereocenters. The number of non-ortho nitro benzene ring substituents is 1. The third kappa shape index (κ3) is 5.07. The highest BCUT2D eigenvalue weighted by Crippen LogP contribution is 2.47. The van der Waals surface area contributed by atoms with Crippen LogP contribution in [0.4, 0.5) is 28.1 Å². The number of anilines is 3. The van der Waals surface area contributed by atoms with Gasteiger partial charge in [0.25, 0.3) is 5.69 Å². The van der Waals surface area contributed by atoms with Gasteiger partial charge in [0.1, 0.15) is 17.4 Å². The molecule has 2 aromatic rings. The largest absolute Gasteiger partial charge is 0.513 e. The summed E-state index contributed by atoms with van der Waals surface area (Å²) >= 11 is 0. The smallest absolute Gasteiger partial charge is 0.437 e. The van der Waals surface area contributed by atoms with Gasteiger partial charge in [-0.2, -0.15) is 9.97 Å². The van der Waals surface area contributed by atoms with Crippen molar-refractivity contribution >= 4 is 29.4 Å². The van der Waals surface area contributed by atoms with Crippen molar-refractivity contribution in [2.24, 2.45) is 0 Å². The first-order valence-corrected chi connectivity index (χ1v) is 12.6. The van der Waals surface area contributed by atoms with Crippen molar-refractivity contribution < 1.29 is 28.7 Å². The van der Waals surface area contributed by atoms with Gasteiger partial charge in [-0.15, -0.1) is 0 Å². The van der Waals surface area contributed by atoms with E-state index in [1.165, 1.54) is 19.2 Å². The Kier molecular flexibility index (Phi) is 7.56. The van der Waals surface area contributed by atoms with Gasteiger partial charge in [0.2, 0.25) is 5.95 Å². The first-order chi connectivity index (χ1) is 18.5. The molecular formula is C25H30N6O7. The van der Waals surface area contributed by atoms with Gasteiger partial charge in [0.15, 0.2) is 0 Å². The van der Waals surface area contributed by atoms with E-state index in [2.05, 4.69) is 15.1 Å². The number of hydrogen-bond donors (Lipinski definition) is 1. The summed E-state index contributed by atoms with van der Waals surface area (Å²) in [5.41, 5.74) is 1.79. The van der Waals surface area contributed by atoms with Crippen LogP contribution >= 0.6 is 0 Å². The second kappa shape index (κ2) is 11.2. The lowest BCUT2D eigenvalue weighted by Crippen LogP contribution is -2.41. The summed E-state index contributed by atoms with van der Waals surface area (Å²) in [5.74, 6) is 1.38. The van der Waals surface area contributed by atoms with E-state index >= 15 is 0 Å². The molecule has 3 aliphatic heterocycles. The zero-order valence-electron chi connectivity index (χ0n) is 21.3. The minimum atomic E-state index is -0.884. The Balaban J connectivity index is 1.73. The Labute approximate surface area is 219 Å². The van der Waals surface area contributed by atoms with Crippen molar-refractivity contribution in [1.82, 2.24) is 9.97 Å². The molecule has 13 heteroatoms. The number of nitro groups is 1. The van der Waals surface area contributed by atoms with Crippen LogP contribution in [0.25, 0.3) is 0 Å². The second-order valence-corrected chi connectivity index (χ2v) is 8.97. The number of carbonyl (C=O) groups excluding carboxylic acids is 1. The van der Waals surface area contributed by atoms with Gasteiger partial charge in [0, 0.05) is 38.3 Å². The molecule has 2 fully saturated rings. The van der Waals surface area contributed by atoms with Gasteiger partial charge in [-0.25, -0.2) is 4.79 Å². The van der Waals surface area contributed by atoms with Crippen molar-refractivity contribution in [2.45, 2.75) is 19.3 Å². The maximum atomic E-state index is 12.4. The fourth-order valence-electron chi connectivity index (χ4n) is 4.89. The Bertz CT molecular complexity index is 1240. The van der Waals surface area contributed by atoms with E-state index in [-0.39, 0.29) is 5.69 Å². The molecule has 0 aliphatic carbocycles. The molecule has 0 bridgehead atoms. The number of nitrogens with one attached hydrogen (secondary N) is 1. The van der Waals surface area contributed by atoms with E-state index in [0.29, 0.717) is 99.2 Å². The Morgan fingerprint density at radius 1 is 1.13 bits per heavy atom. The van der Waals surface area contributed by atoms with E-state index in [1.807, 2.05) is 6.92 Å². The third-order valence-corrected chi connectivity index (χ3v) is 6.76. The van der Waals surface area contributed by atoms with Gasteiger partial charge < -0.3 is 34.1 Å². The van der Waals surface area contributed by atoms with Crippen molar-refractivity contribution in [3.8, 4) is 0 Å². The van der Waals surface area contributed by atoms with Crippen LogP contribution in [-0.4, -0.2) is 80.8 Å². The molecule has 0 radical (unpaired) electrons. The minimum absolute atomic E-state index is 0.0724. The molecule has 1 aromatic carbocycles. The highest BCUT2D eigenvalue weighted by molar-refractivity contribution is 5.73. The van der Waals surface area contributed by atoms with Gasteiger partial charge in [-0.3, -0.25) is 10.1 Å². The minimum Gasteiger partial charge on any atom is -0.437 e. The number of benzene rings is 1. The van der Waals surface area contributed by atoms with E-state index < -0.39 is 17.0 Å². The molecule has 4 heterocycles. The molecule has 3 aliphatic rings. The standard InChI is InChI=1S/C25H30N6O7/c1-3-18-21(38-25(32)35-2)19(16-5-4-6-17(15-16)31(33)34)20-22(26-18)27-24(30-9-13-37-14-10-30)28-23(20)29-7-11-36-12-8-29/h4-6,15,19H,3,7-14H2,1-2H3,(H,26,27,28). The summed E-state index contributed by atoms with van der Waals surface area (Å²) in [6.07, 6.45) is -0.397. The average molecular weight is 527 g/mol. The van der Waals surface area contributed by atoms with Crippen LogP contribution in [0.1, 0.15) is 30.4 Å². The van der Waals surface area contributed by atoms with Crippen LogP contribution in [0.15, 0.2) is 35.7 Å². The fourth-order valence-corrected chi connectivity index (χ4v) is 4.89. The van der Waals surface area contributed by atoms with Crippen LogP contribution in [0.3, 0.4) is 0 Å². The first kappa shape index (κ1) is 25.7. The summed E-state index contributed by atoms with van der Waals surface area (Å²) in [4.78, 5) is 37.7. The molecular weight excluding hydrogens is 496 g/mol. The number of allylic oxidation sites excluding steroid dienone is 2. The summed E-state index contributed by atoms with van der Waals surface area (Å²) < 4.78 is 21.6. The summed E-state index contributed by atoms with van der Waals surface area (Å²) in [6.45, 7) is 6.65. The van der Waals surface area contributed by atoms with Crippen LogP contribution < -0.4 is 15.1 Å². The number of nitrogens with zero attached hydrogens (tertiary/aromatic N) is 5. The van der Waals surface area contributed by atoms with Crippen LogP contribution in [-0.2, 0) is 18.9 Å². The molecule has 0 saturated carbocycles. The maximum absolute atomic E-state index is 12.4. The number of aromatic nitrogens is 2. The van der Waals surface area contributed by atoms with Crippen LogP contribution in [0.2, 0.25) is 0 Å². The highest BCUT2D eigenvalue weighted by atomic mass is 16.7. The Hall–Kier alpha value is -3.97. The summed E-state index contributed by atoms with van der Waals surface area (Å²) in [5, 5.41) is 15.0. The van der Waals surface area contributed by atoms with Crippen LogP contribution in [0.5, 0.6) is 0 Å². The molecule has 1 N–H and O–H groups in total. The second-order valence-electron chi connectivity index (χ2n) is 8.97. The number of nitro benzene ring substituents is 1. The Morgan fingerprint density at radius 2 is 1.82 bits per heavy atom. The predicted molar refractivity (Wildman–Crippen MR) is 137 cm³/mol. The van der Waals surface area contributed by atoms with Gasteiger partial charge in [-0.05, 0) is 12.0 Å². The number of morpholine rings is 2. The Morgan fingerprint density at radius 3 is 2.45 bits per heavy atom. The van der Waals surface area contributed by atoms with Gasteiger partial charge in [0.05, 0.1) is 55.6 Å². The lowest BCUT2D eigenvalue weighted by molar-refractivity contribution is -0.384. The maximum Gasteiger partial charge on any atom is 0.513 e. The molecule has 5 rings (SSSR count). The number of ether oxygens (including phenoxy) is 4. The normalized spacial score (nSPS) is 19.5. The topological polar surface area (TPSA) is 141 Å². The number of carbonyl (C=O) groups is 1. The third-order valence-electron chi connectivity index (χ3n) is 6.76.